The molecule has 0 aromatic heterocycles. The van der Waals surface area contributed by atoms with E-state index in [9.17, 15) is 0 Å². The quantitative estimate of drug-likeness (QED) is 0.120. The highest BCUT2D eigenvalue weighted by atomic mass is 16.4. The average Bonchev–Trinajstić information content (AvgIpc) is 2.87. The van der Waals surface area contributed by atoms with Gasteiger partial charge in [-0.25, -0.2) is 0 Å². The standard InChI is InChI=1S/C32H28N2O2/c1-32(2,3)25-14-15-28-29(18-25)31(24-11-7-9-22(17-24)20-34-36)27-13-5-4-12-26(27)30(28)23-10-6-8-21(16-23)19-33-35/h4-20,35-36H,1-3H3/b33-19+,34-20-. The van der Waals surface area contributed by atoms with Gasteiger partial charge in [-0.3, -0.25) is 0 Å². The predicted molar refractivity (Wildman–Crippen MR) is 150 cm³/mol. The molecule has 0 heterocycles. The molecule has 0 atom stereocenters. The molecule has 0 fully saturated rings. The van der Waals surface area contributed by atoms with Gasteiger partial charge in [-0.1, -0.05) is 104 Å². The molecule has 0 aliphatic heterocycles. The van der Waals surface area contributed by atoms with Crippen molar-refractivity contribution in [3.05, 3.63) is 108 Å². The van der Waals surface area contributed by atoms with E-state index in [2.05, 4.69) is 97.8 Å². The Morgan fingerprint density at radius 3 is 1.56 bits per heavy atom. The van der Waals surface area contributed by atoms with Gasteiger partial charge in [0.05, 0.1) is 12.4 Å². The highest BCUT2D eigenvalue weighted by Gasteiger charge is 2.20. The van der Waals surface area contributed by atoms with Gasteiger partial charge < -0.3 is 10.4 Å². The van der Waals surface area contributed by atoms with Crippen molar-refractivity contribution in [2.24, 2.45) is 10.3 Å². The molecule has 36 heavy (non-hydrogen) atoms. The smallest absolute Gasteiger partial charge is 0.0734 e. The van der Waals surface area contributed by atoms with Gasteiger partial charge in [-0.05, 0) is 84.1 Å². The Morgan fingerprint density at radius 2 is 1.06 bits per heavy atom. The van der Waals surface area contributed by atoms with E-state index < -0.39 is 0 Å². The predicted octanol–water partition coefficient (Wildman–Crippen LogP) is 8.24. The van der Waals surface area contributed by atoms with Crippen LogP contribution in [0.3, 0.4) is 0 Å². The molecule has 0 aliphatic carbocycles. The van der Waals surface area contributed by atoms with Crippen LogP contribution >= 0.6 is 0 Å². The lowest BCUT2D eigenvalue weighted by Crippen LogP contribution is -2.10. The lowest BCUT2D eigenvalue weighted by molar-refractivity contribution is 0.321. The van der Waals surface area contributed by atoms with Crippen LogP contribution in [0.1, 0.15) is 37.5 Å². The summed E-state index contributed by atoms with van der Waals surface area (Å²) in [5.74, 6) is 0. The molecule has 5 aromatic rings. The molecular weight excluding hydrogens is 444 g/mol. The maximum Gasteiger partial charge on any atom is 0.0734 e. The number of benzene rings is 5. The van der Waals surface area contributed by atoms with E-state index >= 15 is 0 Å². The zero-order valence-corrected chi connectivity index (χ0v) is 20.6. The highest BCUT2D eigenvalue weighted by molar-refractivity contribution is 6.21. The molecule has 0 radical (unpaired) electrons. The molecule has 0 unspecified atom stereocenters. The number of rotatable bonds is 4. The Morgan fingerprint density at radius 1 is 0.556 bits per heavy atom. The molecule has 0 aliphatic rings. The summed E-state index contributed by atoms with van der Waals surface area (Å²) in [6, 6.07) is 31.4. The molecule has 0 bridgehead atoms. The van der Waals surface area contributed by atoms with E-state index in [-0.39, 0.29) is 5.41 Å². The first-order chi connectivity index (χ1) is 17.4. The maximum absolute atomic E-state index is 9.12. The molecule has 4 nitrogen and oxygen atoms in total. The lowest BCUT2D eigenvalue weighted by Gasteiger charge is -2.23. The first kappa shape index (κ1) is 23.3. The topological polar surface area (TPSA) is 65.2 Å². The number of fused-ring (bicyclic) bond motifs is 2. The number of nitrogens with zero attached hydrogens (tertiary/aromatic N) is 2. The van der Waals surface area contributed by atoms with Crippen molar-refractivity contribution in [3.63, 3.8) is 0 Å². The van der Waals surface area contributed by atoms with Gasteiger partial charge in [-0.15, -0.1) is 0 Å². The molecule has 0 saturated heterocycles. The number of hydrogen-bond acceptors (Lipinski definition) is 4. The van der Waals surface area contributed by atoms with Gasteiger partial charge in [0, 0.05) is 0 Å². The van der Waals surface area contributed by atoms with Crippen molar-refractivity contribution in [3.8, 4) is 22.3 Å². The molecular formula is C32H28N2O2. The highest BCUT2D eigenvalue weighted by Crippen LogP contribution is 2.44. The minimum absolute atomic E-state index is 0.0137. The third-order valence-corrected chi connectivity index (χ3v) is 6.65. The summed E-state index contributed by atoms with van der Waals surface area (Å²) in [6.45, 7) is 6.68. The summed E-state index contributed by atoms with van der Waals surface area (Å²) in [5, 5.41) is 29.3. The van der Waals surface area contributed by atoms with Crippen LogP contribution in [0.25, 0.3) is 43.8 Å². The second-order valence-corrected chi connectivity index (χ2v) is 10.0. The van der Waals surface area contributed by atoms with E-state index in [1.807, 2.05) is 24.3 Å². The Bertz CT molecular complexity index is 1640. The van der Waals surface area contributed by atoms with E-state index in [1.54, 1.807) is 0 Å². The molecule has 0 amide bonds. The summed E-state index contributed by atoms with van der Waals surface area (Å²) >= 11 is 0. The second kappa shape index (κ2) is 9.31. The first-order valence-electron chi connectivity index (χ1n) is 12.0. The fraction of sp³-hybridized carbons (Fsp3) is 0.125. The zero-order valence-electron chi connectivity index (χ0n) is 20.6. The molecule has 5 rings (SSSR count). The van der Waals surface area contributed by atoms with Crippen LogP contribution in [0.2, 0.25) is 0 Å². The van der Waals surface area contributed by atoms with E-state index in [0.29, 0.717) is 0 Å². The third-order valence-electron chi connectivity index (χ3n) is 6.65. The minimum atomic E-state index is -0.0137. The summed E-state index contributed by atoms with van der Waals surface area (Å²) in [6.07, 6.45) is 2.91. The first-order valence-corrected chi connectivity index (χ1v) is 12.0. The monoisotopic (exact) mass is 472 g/mol. The summed E-state index contributed by atoms with van der Waals surface area (Å²) < 4.78 is 0. The summed E-state index contributed by atoms with van der Waals surface area (Å²) in [7, 11) is 0. The molecule has 2 N–H and O–H groups in total. The van der Waals surface area contributed by atoms with E-state index in [1.165, 1.54) is 18.0 Å². The molecule has 178 valence electrons. The van der Waals surface area contributed by atoms with Crippen LogP contribution < -0.4 is 0 Å². The van der Waals surface area contributed by atoms with Gasteiger partial charge in [-0.2, -0.15) is 0 Å². The van der Waals surface area contributed by atoms with Crippen molar-refractivity contribution < 1.29 is 10.4 Å². The van der Waals surface area contributed by atoms with E-state index in [4.69, 9.17) is 10.4 Å². The van der Waals surface area contributed by atoms with Crippen molar-refractivity contribution in [2.75, 3.05) is 0 Å². The van der Waals surface area contributed by atoms with Crippen molar-refractivity contribution in [1.82, 2.24) is 0 Å². The van der Waals surface area contributed by atoms with Crippen LogP contribution in [0, 0.1) is 0 Å². The number of hydrogen-bond donors (Lipinski definition) is 2. The fourth-order valence-electron chi connectivity index (χ4n) is 4.95. The van der Waals surface area contributed by atoms with Crippen LogP contribution in [-0.4, -0.2) is 22.8 Å². The third kappa shape index (κ3) is 4.22. The Kier molecular flexibility index (Phi) is 6.03. The van der Waals surface area contributed by atoms with Crippen LogP contribution in [0.5, 0.6) is 0 Å². The Labute approximate surface area is 210 Å². The van der Waals surface area contributed by atoms with Gasteiger partial charge in [0.2, 0.25) is 0 Å². The van der Waals surface area contributed by atoms with Gasteiger partial charge >= 0.3 is 0 Å². The Hall–Kier alpha value is -4.44. The van der Waals surface area contributed by atoms with Gasteiger partial charge in [0.1, 0.15) is 0 Å². The molecule has 4 heteroatoms. The zero-order chi connectivity index (χ0) is 25.3. The largest absolute Gasteiger partial charge is 0.411 e. The fourth-order valence-corrected chi connectivity index (χ4v) is 4.95. The van der Waals surface area contributed by atoms with Crippen LogP contribution in [0.15, 0.2) is 101 Å². The molecule has 0 spiro atoms. The average molecular weight is 473 g/mol. The van der Waals surface area contributed by atoms with Gasteiger partial charge in [0.15, 0.2) is 0 Å². The van der Waals surface area contributed by atoms with Crippen molar-refractivity contribution >= 4 is 34.0 Å². The van der Waals surface area contributed by atoms with Crippen molar-refractivity contribution in [1.29, 1.82) is 0 Å². The number of oxime groups is 2. The normalized spacial score (nSPS) is 12.3. The minimum Gasteiger partial charge on any atom is -0.411 e. The SMILES string of the molecule is CC(C)(C)c1ccc2c(-c3cccc(/C=N/O)c3)c3ccccc3c(-c3cccc(/C=N\O)c3)c2c1. The molecule has 5 aromatic carbocycles. The van der Waals surface area contributed by atoms with E-state index in [0.717, 1.165) is 54.9 Å². The summed E-state index contributed by atoms with van der Waals surface area (Å²) in [4.78, 5) is 0. The van der Waals surface area contributed by atoms with Crippen molar-refractivity contribution in [2.45, 2.75) is 26.2 Å². The summed E-state index contributed by atoms with van der Waals surface area (Å²) in [5.41, 5.74) is 7.32. The van der Waals surface area contributed by atoms with Crippen LogP contribution in [0.4, 0.5) is 0 Å². The Balaban J connectivity index is 1.96. The van der Waals surface area contributed by atoms with Gasteiger partial charge in [0.25, 0.3) is 0 Å². The molecule has 0 saturated carbocycles. The van der Waals surface area contributed by atoms with Crippen LogP contribution in [-0.2, 0) is 5.41 Å². The lowest BCUT2D eigenvalue weighted by atomic mass is 9.81. The second-order valence-electron chi connectivity index (χ2n) is 10.0. The maximum atomic E-state index is 9.12.